The highest BCUT2D eigenvalue weighted by atomic mass is 16.2. The number of aryl methyl sites for hydroxylation is 1. The minimum absolute atomic E-state index is 0.0230. The number of nitrogens with zero attached hydrogens (tertiary/aromatic N) is 1. The molecule has 1 saturated heterocycles. The summed E-state index contributed by atoms with van der Waals surface area (Å²) in [6.07, 6.45) is 7.79. The van der Waals surface area contributed by atoms with E-state index in [0.29, 0.717) is 25.6 Å². The van der Waals surface area contributed by atoms with Gasteiger partial charge in [0.1, 0.15) is 0 Å². The van der Waals surface area contributed by atoms with Crippen LogP contribution in [0, 0.1) is 12.8 Å². The number of aromatic amines is 1. The normalized spacial score (nSPS) is 21.0. The minimum atomic E-state index is -0.187. The van der Waals surface area contributed by atoms with Crippen molar-refractivity contribution in [2.45, 2.75) is 51.5 Å². The summed E-state index contributed by atoms with van der Waals surface area (Å²) in [5.41, 5.74) is 3.59. The van der Waals surface area contributed by atoms with Gasteiger partial charge in [0.2, 0.25) is 11.8 Å². The summed E-state index contributed by atoms with van der Waals surface area (Å²) in [7, 11) is 0. The van der Waals surface area contributed by atoms with Crippen molar-refractivity contribution in [1.82, 2.24) is 15.2 Å². The van der Waals surface area contributed by atoms with E-state index in [2.05, 4.69) is 35.4 Å². The van der Waals surface area contributed by atoms with Crippen LogP contribution in [-0.2, 0) is 16.0 Å². The summed E-state index contributed by atoms with van der Waals surface area (Å²) in [6.45, 7) is 3.29. The van der Waals surface area contributed by atoms with E-state index in [9.17, 15) is 9.59 Å². The monoisotopic (exact) mass is 353 g/mol. The first-order chi connectivity index (χ1) is 12.6. The molecular formula is C21H27N3O2. The lowest BCUT2D eigenvalue weighted by Gasteiger charge is -2.23. The molecule has 5 heteroatoms. The summed E-state index contributed by atoms with van der Waals surface area (Å²) in [5.74, 6) is -0.00710. The SMILES string of the molecule is Cc1ccc2[nH]cc(CCNC(=O)C3CC(=O)N(C4CCCC4)C3)c2c1. The Hall–Kier alpha value is -2.30. The van der Waals surface area contributed by atoms with Crippen molar-refractivity contribution >= 4 is 22.7 Å². The third-order valence-electron chi connectivity index (χ3n) is 5.91. The number of benzene rings is 1. The largest absolute Gasteiger partial charge is 0.361 e. The third-order valence-corrected chi connectivity index (χ3v) is 5.91. The van der Waals surface area contributed by atoms with Crippen LogP contribution in [0.15, 0.2) is 24.4 Å². The molecule has 5 nitrogen and oxygen atoms in total. The van der Waals surface area contributed by atoms with Gasteiger partial charge in [0.05, 0.1) is 5.92 Å². The first-order valence-electron chi connectivity index (χ1n) is 9.75. The topological polar surface area (TPSA) is 65.2 Å². The predicted molar refractivity (Wildman–Crippen MR) is 102 cm³/mol. The van der Waals surface area contributed by atoms with Gasteiger partial charge in [0, 0.05) is 42.7 Å². The second kappa shape index (κ2) is 7.14. The average Bonchev–Trinajstić information content (AvgIpc) is 3.34. The van der Waals surface area contributed by atoms with Gasteiger partial charge in [-0.2, -0.15) is 0 Å². The molecule has 0 radical (unpaired) electrons. The molecular weight excluding hydrogens is 326 g/mol. The van der Waals surface area contributed by atoms with Gasteiger partial charge < -0.3 is 15.2 Å². The summed E-state index contributed by atoms with van der Waals surface area (Å²) < 4.78 is 0. The molecule has 1 aromatic carbocycles. The molecule has 2 heterocycles. The minimum Gasteiger partial charge on any atom is -0.361 e. The maximum Gasteiger partial charge on any atom is 0.225 e. The Labute approximate surface area is 154 Å². The molecule has 2 aliphatic rings. The van der Waals surface area contributed by atoms with E-state index in [4.69, 9.17) is 0 Å². The maximum absolute atomic E-state index is 12.5. The van der Waals surface area contributed by atoms with E-state index in [1.54, 1.807) is 0 Å². The van der Waals surface area contributed by atoms with Crippen molar-refractivity contribution in [3.05, 3.63) is 35.5 Å². The average molecular weight is 353 g/mol. The van der Waals surface area contributed by atoms with Gasteiger partial charge in [-0.15, -0.1) is 0 Å². The predicted octanol–water partition coefficient (Wildman–Crippen LogP) is 2.93. The first kappa shape index (κ1) is 17.1. The van der Waals surface area contributed by atoms with E-state index in [-0.39, 0.29) is 17.7 Å². The molecule has 0 bridgehead atoms. The van der Waals surface area contributed by atoms with Crippen molar-refractivity contribution in [2.75, 3.05) is 13.1 Å². The Morgan fingerprint density at radius 3 is 2.92 bits per heavy atom. The molecule has 1 saturated carbocycles. The molecule has 138 valence electrons. The second-order valence-corrected chi connectivity index (χ2v) is 7.79. The Kier molecular flexibility index (Phi) is 4.70. The van der Waals surface area contributed by atoms with Crippen molar-refractivity contribution < 1.29 is 9.59 Å². The zero-order valence-electron chi connectivity index (χ0n) is 15.4. The number of fused-ring (bicyclic) bond motifs is 1. The van der Waals surface area contributed by atoms with Gasteiger partial charge in [0.15, 0.2) is 0 Å². The molecule has 2 amide bonds. The van der Waals surface area contributed by atoms with Crippen LogP contribution in [0.1, 0.15) is 43.2 Å². The molecule has 2 aromatic rings. The number of H-pyrrole nitrogens is 1. The van der Waals surface area contributed by atoms with Crippen LogP contribution in [0.2, 0.25) is 0 Å². The van der Waals surface area contributed by atoms with E-state index in [1.807, 2.05) is 11.1 Å². The fourth-order valence-electron chi connectivity index (χ4n) is 4.44. The van der Waals surface area contributed by atoms with Gasteiger partial charge in [-0.05, 0) is 43.9 Å². The Balaban J connectivity index is 1.31. The van der Waals surface area contributed by atoms with Crippen LogP contribution in [0.25, 0.3) is 10.9 Å². The molecule has 1 aliphatic carbocycles. The second-order valence-electron chi connectivity index (χ2n) is 7.79. The Bertz CT molecular complexity index is 820. The highest BCUT2D eigenvalue weighted by molar-refractivity contribution is 5.89. The van der Waals surface area contributed by atoms with Gasteiger partial charge in [0.25, 0.3) is 0 Å². The molecule has 1 unspecified atom stereocenters. The van der Waals surface area contributed by atoms with Crippen LogP contribution >= 0.6 is 0 Å². The lowest BCUT2D eigenvalue weighted by atomic mass is 10.1. The molecule has 1 aliphatic heterocycles. The molecule has 4 rings (SSSR count). The fourth-order valence-corrected chi connectivity index (χ4v) is 4.44. The third kappa shape index (κ3) is 3.35. The number of carbonyl (C=O) groups excluding carboxylic acids is 2. The Morgan fingerprint density at radius 2 is 2.12 bits per heavy atom. The summed E-state index contributed by atoms with van der Waals surface area (Å²) >= 11 is 0. The lowest BCUT2D eigenvalue weighted by Crippen LogP contribution is -2.37. The zero-order chi connectivity index (χ0) is 18.1. The maximum atomic E-state index is 12.5. The number of aromatic nitrogens is 1. The van der Waals surface area contributed by atoms with Crippen LogP contribution in [0.3, 0.4) is 0 Å². The Morgan fingerprint density at radius 1 is 1.31 bits per heavy atom. The highest BCUT2D eigenvalue weighted by Crippen LogP contribution is 2.29. The highest BCUT2D eigenvalue weighted by Gasteiger charge is 2.38. The van der Waals surface area contributed by atoms with E-state index >= 15 is 0 Å². The summed E-state index contributed by atoms with van der Waals surface area (Å²) in [4.78, 5) is 30.0. The molecule has 1 aromatic heterocycles. The number of amides is 2. The number of rotatable bonds is 5. The quantitative estimate of drug-likeness (QED) is 0.868. The summed E-state index contributed by atoms with van der Waals surface area (Å²) in [5, 5.41) is 4.27. The number of carbonyl (C=O) groups is 2. The smallest absolute Gasteiger partial charge is 0.225 e. The number of hydrogen-bond acceptors (Lipinski definition) is 2. The summed E-state index contributed by atoms with van der Waals surface area (Å²) in [6, 6.07) is 6.74. The van der Waals surface area contributed by atoms with E-state index in [0.717, 1.165) is 24.8 Å². The molecule has 1 atom stereocenters. The van der Waals surface area contributed by atoms with E-state index in [1.165, 1.54) is 29.4 Å². The van der Waals surface area contributed by atoms with Crippen LogP contribution in [0.4, 0.5) is 0 Å². The van der Waals surface area contributed by atoms with Gasteiger partial charge in [-0.25, -0.2) is 0 Å². The zero-order valence-corrected chi connectivity index (χ0v) is 15.4. The number of likely N-dealkylation sites (tertiary alicyclic amines) is 1. The van der Waals surface area contributed by atoms with Crippen molar-refractivity contribution in [1.29, 1.82) is 0 Å². The van der Waals surface area contributed by atoms with Crippen LogP contribution < -0.4 is 5.32 Å². The van der Waals surface area contributed by atoms with E-state index < -0.39 is 0 Å². The first-order valence-corrected chi connectivity index (χ1v) is 9.75. The van der Waals surface area contributed by atoms with Gasteiger partial charge in [-0.1, -0.05) is 24.5 Å². The fraction of sp³-hybridized carbons (Fsp3) is 0.524. The van der Waals surface area contributed by atoms with Crippen molar-refractivity contribution in [3.63, 3.8) is 0 Å². The molecule has 26 heavy (non-hydrogen) atoms. The van der Waals surface area contributed by atoms with Gasteiger partial charge >= 0.3 is 0 Å². The lowest BCUT2D eigenvalue weighted by molar-refractivity contribution is -0.130. The number of nitrogens with one attached hydrogen (secondary N) is 2. The molecule has 2 N–H and O–H groups in total. The molecule has 2 fully saturated rings. The molecule has 0 spiro atoms. The van der Waals surface area contributed by atoms with Gasteiger partial charge in [-0.3, -0.25) is 9.59 Å². The van der Waals surface area contributed by atoms with Crippen molar-refractivity contribution in [2.24, 2.45) is 5.92 Å². The van der Waals surface area contributed by atoms with Crippen LogP contribution in [-0.4, -0.2) is 40.8 Å². The standard InChI is InChI=1S/C21H27N3O2/c1-14-6-7-19-18(10-14)15(12-23-19)8-9-22-21(26)16-11-20(25)24(13-16)17-4-2-3-5-17/h6-7,10,12,16-17,23H,2-5,8-9,11,13H2,1H3,(H,22,26). The number of hydrogen-bond donors (Lipinski definition) is 2. The van der Waals surface area contributed by atoms with Crippen molar-refractivity contribution in [3.8, 4) is 0 Å². The van der Waals surface area contributed by atoms with Crippen LogP contribution in [0.5, 0.6) is 0 Å².